The lowest BCUT2D eigenvalue weighted by atomic mass is 10.2. The molecule has 1 aliphatic rings. The van der Waals surface area contributed by atoms with Crippen molar-refractivity contribution in [2.24, 2.45) is 0 Å². The van der Waals surface area contributed by atoms with Crippen molar-refractivity contribution in [1.29, 1.82) is 0 Å². The van der Waals surface area contributed by atoms with E-state index in [-0.39, 0.29) is 16.0 Å². The van der Waals surface area contributed by atoms with Crippen molar-refractivity contribution >= 4 is 33.2 Å². The minimum atomic E-state index is -3.62. The molecular weight excluding hydrogens is 319 g/mol. The maximum atomic E-state index is 12.8. The molecule has 1 aromatic carbocycles. The van der Waals surface area contributed by atoms with Gasteiger partial charge < -0.3 is 5.32 Å². The van der Waals surface area contributed by atoms with E-state index >= 15 is 0 Å². The smallest absolute Gasteiger partial charge is 0.244 e. The van der Waals surface area contributed by atoms with E-state index in [9.17, 15) is 8.42 Å². The largest absolute Gasteiger partial charge is 0.315 e. The Kier molecular flexibility index (Phi) is 5.31. The predicted octanol–water partition coefficient (Wildman–Crippen LogP) is 2.76. The second-order valence-corrected chi connectivity index (χ2v) is 7.54. The molecule has 20 heavy (non-hydrogen) atoms. The van der Waals surface area contributed by atoms with Crippen molar-refractivity contribution < 1.29 is 8.42 Å². The van der Waals surface area contributed by atoms with Gasteiger partial charge in [-0.3, -0.25) is 0 Å². The van der Waals surface area contributed by atoms with Gasteiger partial charge in [-0.1, -0.05) is 30.1 Å². The van der Waals surface area contributed by atoms with Crippen LogP contribution in [0.2, 0.25) is 10.0 Å². The highest BCUT2D eigenvalue weighted by Gasteiger charge is 2.33. The Labute approximate surface area is 130 Å². The van der Waals surface area contributed by atoms with E-state index in [2.05, 4.69) is 5.32 Å². The molecule has 1 unspecified atom stereocenters. The lowest BCUT2D eigenvalue weighted by Crippen LogP contribution is -2.42. The fourth-order valence-electron chi connectivity index (χ4n) is 2.41. The van der Waals surface area contributed by atoms with Crippen molar-refractivity contribution in [3.8, 4) is 0 Å². The Hall–Kier alpha value is -0.330. The van der Waals surface area contributed by atoms with Crippen molar-refractivity contribution in [2.45, 2.75) is 30.7 Å². The van der Waals surface area contributed by atoms with E-state index in [0.29, 0.717) is 18.1 Å². The van der Waals surface area contributed by atoms with Gasteiger partial charge in [0.25, 0.3) is 0 Å². The van der Waals surface area contributed by atoms with Crippen LogP contribution in [0, 0.1) is 0 Å². The number of nitrogens with one attached hydrogen (secondary N) is 1. The van der Waals surface area contributed by atoms with Crippen LogP contribution in [-0.4, -0.2) is 38.4 Å². The number of benzene rings is 1. The van der Waals surface area contributed by atoms with Crippen molar-refractivity contribution in [1.82, 2.24) is 9.62 Å². The lowest BCUT2D eigenvalue weighted by Gasteiger charge is -2.27. The molecule has 7 heteroatoms. The van der Waals surface area contributed by atoms with Crippen LogP contribution < -0.4 is 5.32 Å². The van der Waals surface area contributed by atoms with E-state index in [1.54, 1.807) is 10.4 Å². The molecule has 0 radical (unpaired) electrons. The second-order valence-electron chi connectivity index (χ2n) is 4.84. The second kappa shape index (κ2) is 6.62. The molecule has 1 saturated heterocycles. The topological polar surface area (TPSA) is 49.4 Å². The zero-order valence-corrected chi connectivity index (χ0v) is 13.6. The molecular formula is C13H18Cl2N2O2S. The SMILES string of the molecule is CCCN(C1CCNC1)S(=O)(=O)c1cc(Cl)ccc1Cl. The van der Waals surface area contributed by atoms with Gasteiger partial charge in [0.2, 0.25) is 10.0 Å². The summed E-state index contributed by atoms with van der Waals surface area (Å²) >= 11 is 12.0. The summed E-state index contributed by atoms with van der Waals surface area (Å²) in [6, 6.07) is 4.51. The number of hydrogen-bond donors (Lipinski definition) is 1. The minimum Gasteiger partial charge on any atom is -0.315 e. The first-order valence-corrected chi connectivity index (χ1v) is 8.84. The molecule has 1 aliphatic heterocycles. The van der Waals surface area contributed by atoms with Crippen LogP contribution in [0.1, 0.15) is 19.8 Å². The maximum absolute atomic E-state index is 12.8. The third-order valence-corrected chi connectivity index (χ3v) is 6.03. The van der Waals surface area contributed by atoms with Crippen LogP contribution in [0.15, 0.2) is 23.1 Å². The summed E-state index contributed by atoms with van der Waals surface area (Å²) < 4.78 is 27.2. The summed E-state index contributed by atoms with van der Waals surface area (Å²) in [4.78, 5) is 0.0898. The predicted molar refractivity (Wildman–Crippen MR) is 81.9 cm³/mol. The van der Waals surface area contributed by atoms with E-state index in [1.807, 2.05) is 6.92 Å². The molecule has 2 rings (SSSR count). The molecule has 0 aromatic heterocycles. The van der Waals surface area contributed by atoms with Crippen LogP contribution in [0.4, 0.5) is 0 Å². The molecule has 1 fully saturated rings. The number of nitrogens with zero attached hydrogens (tertiary/aromatic N) is 1. The molecule has 1 aromatic rings. The molecule has 112 valence electrons. The molecule has 1 heterocycles. The van der Waals surface area contributed by atoms with Gasteiger partial charge >= 0.3 is 0 Å². The molecule has 1 N–H and O–H groups in total. The van der Waals surface area contributed by atoms with Crippen LogP contribution in [0.3, 0.4) is 0 Å². The average molecular weight is 337 g/mol. The Morgan fingerprint density at radius 1 is 1.40 bits per heavy atom. The first-order valence-electron chi connectivity index (χ1n) is 6.64. The first-order chi connectivity index (χ1) is 9.46. The summed E-state index contributed by atoms with van der Waals surface area (Å²) in [6.07, 6.45) is 1.57. The standard InChI is InChI=1S/C13H18Cl2N2O2S/c1-2-7-17(11-5-6-16-9-11)20(18,19)13-8-10(14)3-4-12(13)15/h3-4,8,11,16H,2,5-7,9H2,1H3. The van der Waals surface area contributed by atoms with Crippen LogP contribution >= 0.6 is 23.2 Å². The highest BCUT2D eigenvalue weighted by molar-refractivity contribution is 7.89. The Balaban J connectivity index is 2.41. The summed E-state index contributed by atoms with van der Waals surface area (Å²) in [5.74, 6) is 0. The Bertz CT molecular complexity index is 572. The van der Waals surface area contributed by atoms with Crippen LogP contribution in [0.5, 0.6) is 0 Å². The Morgan fingerprint density at radius 2 is 2.15 bits per heavy atom. The number of rotatable bonds is 5. The summed E-state index contributed by atoms with van der Waals surface area (Å²) in [7, 11) is -3.62. The molecule has 4 nitrogen and oxygen atoms in total. The summed E-state index contributed by atoms with van der Waals surface area (Å²) in [5.41, 5.74) is 0. The fraction of sp³-hybridized carbons (Fsp3) is 0.538. The zero-order valence-electron chi connectivity index (χ0n) is 11.3. The molecule has 0 saturated carbocycles. The van der Waals surface area contributed by atoms with E-state index in [4.69, 9.17) is 23.2 Å². The normalized spacial score (nSPS) is 19.7. The molecule has 0 bridgehead atoms. The van der Waals surface area contributed by atoms with Gasteiger partial charge in [-0.15, -0.1) is 0 Å². The fourth-order valence-corrected chi connectivity index (χ4v) is 4.89. The summed E-state index contributed by atoms with van der Waals surface area (Å²) in [5, 5.41) is 3.77. The maximum Gasteiger partial charge on any atom is 0.244 e. The van der Waals surface area contributed by atoms with Crippen molar-refractivity contribution in [3.63, 3.8) is 0 Å². The molecule has 1 atom stereocenters. The van der Waals surface area contributed by atoms with Crippen LogP contribution in [-0.2, 0) is 10.0 Å². The van der Waals surface area contributed by atoms with Gasteiger partial charge in [-0.2, -0.15) is 4.31 Å². The zero-order chi connectivity index (χ0) is 14.8. The van der Waals surface area contributed by atoms with Gasteiger partial charge in [-0.05, 0) is 37.6 Å². The minimum absolute atomic E-state index is 0.0185. The van der Waals surface area contributed by atoms with E-state index in [1.165, 1.54) is 12.1 Å². The average Bonchev–Trinajstić information content (AvgIpc) is 2.92. The lowest BCUT2D eigenvalue weighted by molar-refractivity contribution is 0.335. The quantitative estimate of drug-likeness (QED) is 0.899. The van der Waals surface area contributed by atoms with Gasteiger partial charge in [0.05, 0.1) is 5.02 Å². The van der Waals surface area contributed by atoms with E-state index in [0.717, 1.165) is 19.4 Å². The van der Waals surface area contributed by atoms with Crippen LogP contribution in [0.25, 0.3) is 0 Å². The van der Waals surface area contributed by atoms with Gasteiger partial charge in [-0.25, -0.2) is 8.42 Å². The number of hydrogen-bond acceptors (Lipinski definition) is 3. The third-order valence-electron chi connectivity index (χ3n) is 3.37. The number of halogens is 2. The van der Waals surface area contributed by atoms with Gasteiger partial charge in [0.15, 0.2) is 0 Å². The summed E-state index contributed by atoms with van der Waals surface area (Å²) in [6.45, 7) is 3.96. The third kappa shape index (κ3) is 3.28. The molecule has 0 spiro atoms. The number of sulfonamides is 1. The monoisotopic (exact) mass is 336 g/mol. The first kappa shape index (κ1) is 16.0. The molecule has 0 amide bonds. The van der Waals surface area contributed by atoms with E-state index < -0.39 is 10.0 Å². The van der Waals surface area contributed by atoms with Gasteiger partial charge in [0.1, 0.15) is 4.90 Å². The highest BCUT2D eigenvalue weighted by Crippen LogP contribution is 2.29. The van der Waals surface area contributed by atoms with Crippen molar-refractivity contribution in [3.05, 3.63) is 28.2 Å². The Morgan fingerprint density at radius 3 is 2.75 bits per heavy atom. The molecule has 0 aliphatic carbocycles. The highest BCUT2D eigenvalue weighted by atomic mass is 35.5. The van der Waals surface area contributed by atoms with Crippen molar-refractivity contribution in [2.75, 3.05) is 19.6 Å². The van der Waals surface area contributed by atoms with Gasteiger partial charge in [0, 0.05) is 24.2 Å².